The Kier molecular flexibility index (Phi) is 6.19. The molecule has 1 amide bonds. The van der Waals surface area contributed by atoms with Crippen LogP contribution in [0.5, 0.6) is 0 Å². The monoisotopic (exact) mass is 429 g/mol. The highest BCUT2D eigenvalue weighted by molar-refractivity contribution is 8.15. The van der Waals surface area contributed by atoms with Crippen LogP contribution in [-0.4, -0.2) is 51.0 Å². The number of rotatable bonds is 6. The summed E-state index contributed by atoms with van der Waals surface area (Å²) in [6, 6.07) is 3.54. The zero-order valence-corrected chi connectivity index (χ0v) is 16.8. The summed E-state index contributed by atoms with van der Waals surface area (Å²) >= 11 is 7.19. The third kappa shape index (κ3) is 4.44. The molecule has 0 bridgehead atoms. The van der Waals surface area contributed by atoms with Crippen LogP contribution in [0.4, 0.5) is 14.5 Å². The fourth-order valence-electron chi connectivity index (χ4n) is 2.53. The van der Waals surface area contributed by atoms with Crippen LogP contribution in [-0.2, 0) is 9.63 Å². The van der Waals surface area contributed by atoms with Crippen LogP contribution in [0.2, 0.25) is 5.15 Å². The first kappa shape index (κ1) is 20.5. The van der Waals surface area contributed by atoms with Gasteiger partial charge in [-0.2, -0.15) is 5.10 Å². The van der Waals surface area contributed by atoms with E-state index >= 15 is 0 Å². The van der Waals surface area contributed by atoms with Crippen molar-refractivity contribution >= 4 is 40.0 Å². The van der Waals surface area contributed by atoms with E-state index in [0.29, 0.717) is 11.4 Å². The van der Waals surface area contributed by atoms with E-state index < -0.39 is 17.7 Å². The van der Waals surface area contributed by atoms with E-state index in [9.17, 15) is 13.6 Å². The maximum Gasteiger partial charge on any atom is 0.287 e. The molecular weight excluding hydrogens is 412 g/mol. The summed E-state index contributed by atoms with van der Waals surface area (Å²) in [4.78, 5) is 23.1. The van der Waals surface area contributed by atoms with E-state index in [-0.39, 0.29) is 28.9 Å². The van der Waals surface area contributed by atoms with Gasteiger partial charge in [-0.1, -0.05) is 28.5 Å². The van der Waals surface area contributed by atoms with Crippen molar-refractivity contribution in [2.45, 2.75) is 19.3 Å². The molecule has 11 heteroatoms. The number of carbonyl (C=O) groups excluding carboxylic acids is 1. The lowest BCUT2D eigenvalue weighted by atomic mass is 10.4. The Labute approximate surface area is 169 Å². The molecule has 1 fully saturated rings. The smallest absolute Gasteiger partial charge is 0.287 e. The van der Waals surface area contributed by atoms with E-state index in [1.165, 1.54) is 16.7 Å². The number of halogens is 3. The maximum absolute atomic E-state index is 13.1. The maximum atomic E-state index is 13.1. The number of amides is 1. The minimum absolute atomic E-state index is 0.0164. The first-order valence-electron chi connectivity index (χ1n) is 8.46. The van der Waals surface area contributed by atoms with Gasteiger partial charge in [-0.15, -0.1) is 0 Å². The van der Waals surface area contributed by atoms with Crippen LogP contribution in [0.3, 0.4) is 0 Å². The van der Waals surface area contributed by atoms with Gasteiger partial charge in [0.25, 0.3) is 11.8 Å². The minimum Gasteiger partial charge on any atom is -0.398 e. The predicted octanol–water partition coefficient (Wildman–Crippen LogP) is 3.62. The quantitative estimate of drug-likeness (QED) is 0.398. The molecule has 1 unspecified atom stereocenters. The fraction of sp³-hybridized carbons (Fsp3) is 0.412. The van der Waals surface area contributed by atoms with Gasteiger partial charge in [0.05, 0.1) is 18.1 Å². The number of alkyl halides is 2. The average Bonchev–Trinajstić information content (AvgIpc) is 3.11. The molecular formula is C17H18ClF2N5O2S. The molecule has 0 N–H and O–H groups in total. The molecule has 1 saturated carbocycles. The molecule has 2 aromatic heterocycles. The van der Waals surface area contributed by atoms with Crippen molar-refractivity contribution in [2.24, 2.45) is 11.1 Å². The Bertz CT molecular complexity index is 878. The number of oxime groups is 1. The number of anilines is 1. The first-order valence-corrected chi connectivity index (χ1v) is 9.83. The molecule has 1 aliphatic carbocycles. The average molecular weight is 430 g/mol. The molecule has 3 rings (SSSR count). The Morgan fingerprint density at radius 1 is 1.57 bits per heavy atom. The molecule has 0 spiro atoms. The molecule has 0 radical (unpaired) electrons. The second-order valence-electron chi connectivity index (χ2n) is 6.06. The van der Waals surface area contributed by atoms with Gasteiger partial charge in [0, 0.05) is 30.8 Å². The van der Waals surface area contributed by atoms with Crippen LogP contribution in [0.1, 0.15) is 13.3 Å². The summed E-state index contributed by atoms with van der Waals surface area (Å²) in [7, 11) is 1.29. The third-order valence-corrected chi connectivity index (χ3v) is 5.51. The highest BCUT2D eigenvalue weighted by Gasteiger charge is 2.56. The van der Waals surface area contributed by atoms with Crippen LogP contribution in [0, 0.1) is 5.92 Å². The normalized spacial score (nSPS) is 18.0. The van der Waals surface area contributed by atoms with Crippen molar-refractivity contribution in [2.75, 3.05) is 24.3 Å². The summed E-state index contributed by atoms with van der Waals surface area (Å²) in [6.45, 7) is 2.04. The predicted molar refractivity (Wildman–Crippen MR) is 104 cm³/mol. The van der Waals surface area contributed by atoms with Crippen molar-refractivity contribution < 1.29 is 18.4 Å². The third-order valence-electron chi connectivity index (χ3n) is 4.15. The number of aromatic nitrogens is 3. The van der Waals surface area contributed by atoms with Crippen molar-refractivity contribution in [3.05, 3.63) is 35.9 Å². The van der Waals surface area contributed by atoms with Crippen LogP contribution < -0.4 is 4.90 Å². The largest absolute Gasteiger partial charge is 0.398 e. The number of hydrogen-bond acceptors (Lipinski definition) is 6. The Morgan fingerprint density at radius 2 is 2.32 bits per heavy atom. The second kappa shape index (κ2) is 8.44. The van der Waals surface area contributed by atoms with Crippen molar-refractivity contribution in [3.63, 3.8) is 0 Å². The van der Waals surface area contributed by atoms with E-state index in [0.717, 1.165) is 11.8 Å². The summed E-state index contributed by atoms with van der Waals surface area (Å²) in [6.07, 6.45) is 4.67. The van der Waals surface area contributed by atoms with Gasteiger partial charge < -0.3 is 9.74 Å². The highest BCUT2D eigenvalue weighted by Crippen LogP contribution is 2.50. The SMILES string of the molecule is CCN(C(=O)C(=NOC)SCC1CC1(F)F)c1cn(-c2cccnc2)nc1Cl. The molecule has 7 nitrogen and oxygen atoms in total. The molecule has 0 saturated heterocycles. The van der Waals surface area contributed by atoms with Crippen LogP contribution in [0.25, 0.3) is 5.69 Å². The number of nitrogens with zero attached hydrogens (tertiary/aromatic N) is 5. The van der Waals surface area contributed by atoms with Gasteiger partial charge in [-0.25, -0.2) is 13.5 Å². The molecule has 1 atom stereocenters. The molecule has 2 aromatic rings. The number of thioether (sulfide) groups is 1. The van der Waals surface area contributed by atoms with Crippen LogP contribution >= 0.6 is 23.4 Å². The van der Waals surface area contributed by atoms with E-state index in [4.69, 9.17) is 16.4 Å². The zero-order chi connectivity index (χ0) is 20.3. The van der Waals surface area contributed by atoms with Crippen molar-refractivity contribution in [1.29, 1.82) is 0 Å². The van der Waals surface area contributed by atoms with E-state index in [2.05, 4.69) is 15.2 Å². The molecule has 150 valence electrons. The van der Waals surface area contributed by atoms with Gasteiger partial charge in [-0.05, 0) is 19.1 Å². The van der Waals surface area contributed by atoms with E-state index in [1.54, 1.807) is 37.6 Å². The Hall–Kier alpha value is -2.20. The summed E-state index contributed by atoms with van der Waals surface area (Å²) < 4.78 is 27.8. The van der Waals surface area contributed by atoms with Crippen molar-refractivity contribution in [1.82, 2.24) is 14.8 Å². The summed E-state index contributed by atoms with van der Waals surface area (Å²) in [5.41, 5.74) is 1.05. The summed E-state index contributed by atoms with van der Waals surface area (Å²) in [5, 5.41) is 8.04. The Balaban J connectivity index is 1.80. The lowest BCUT2D eigenvalue weighted by Crippen LogP contribution is -2.35. The van der Waals surface area contributed by atoms with E-state index in [1.807, 2.05) is 0 Å². The number of pyridine rings is 1. The number of hydrogen-bond donors (Lipinski definition) is 0. The number of carbonyl (C=O) groups is 1. The molecule has 2 heterocycles. The van der Waals surface area contributed by atoms with Gasteiger partial charge in [0.15, 0.2) is 5.15 Å². The molecule has 0 aromatic carbocycles. The molecule has 1 aliphatic rings. The standard InChI is InChI=1S/C17H18ClF2N5O2S/c1-3-24(13-9-25(22-14(13)18)12-5-4-6-21-8-12)16(26)15(23-27-2)28-10-11-7-17(11,19)20/h4-6,8-9,11H,3,7,10H2,1-2H3. The lowest BCUT2D eigenvalue weighted by Gasteiger charge is -2.19. The summed E-state index contributed by atoms with van der Waals surface area (Å²) in [5.74, 6) is -3.82. The first-order chi connectivity index (χ1) is 13.4. The zero-order valence-electron chi connectivity index (χ0n) is 15.2. The lowest BCUT2D eigenvalue weighted by molar-refractivity contribution is -0.112. The van der Waals surface area contributed by atoms with Gasteiger partial charge in [0.1, 0.15) is 12.8 Å². The van der Waals surface area contributed by atoms with Gasteiger partial charge in [0.2, 0.25) is 5.04 Å². The van der Waals surface area contributed by atoms with Crippen LogP contribution in [0.15, 0.2) is 35.9 Å². The fourth-order valence-corrected chi connectivity index (χ4v) is 3.84. The highest BCUT2D eigenvalue weighted by atomic mass is 35.5. The van der Waals surface area contributed by atoms with Gasteiger partial charge >= 0.3 is 0 Å². The van der Waals surface area contributed by atoms with Gasteiger partial charge in [-0.3, -0.25) is 9.78 Å². The minimum atomic E-state index is -2.66. The Morgan fingerprint density at radius 3 is 2.89 bits per heavy atom. The topological polar surface area (TPSA) is 72.6 Å². The second-order valence-corrected chi connectivity index (χ2v) is 7.43. The molecule has 28 heavy (non-hydrogen) atoms. The van der Waals surface area contributed by atoms with Crippen molar-refractivity contribution in [3.8, 4) is 5.69 Å². The molecule has 0 aliphatic heterocycles.